The molecule has 3 heterocycles. The van der Waals surface area contributed by atoms with Crippen molar-refractivity contribution >= 4 is 23.2 Å². The summed E-state index contributed by atoms with van der Waals surface area (Å²) in [7, 11) is 0. The van der Waals surface area contributed by atoms with Gasteiger partial charge in [-0.15, -0.1) is 11.3 Å². The van der Waals surface area contributed by atoms with Gasteiger partial charge in [-0.1, -0.05) is 12.1 Å². The Labute approximate surface area is 149 Å². The van der Waals surface area contributed by atoms with Gasteiger partial charge in [-0.05, 0) is 29.1 Å². The summed E-state index contributed by atoms with van der Waals surface area (Å²) < 4.78 is 10.6. The molecule has 0 unspecified atom stereocenters. The summed E-state index contributed by atoms with van der Waals surface area (Å²) in [6, 6.07) is 9.30. The Morgan fingerprint density at radius 1 is 1.00 bits per heavy atom. The number of ether oxygens (including phenoxy) is 2. The first-order valence-corrected chi connectivity index (χ1v) is 9.08. The van der Waals surface area contributed by atoms with Gasteiger partial charge in [-0.25, -0.2) is 0 Å². The number of amides is 2. The predicted molar refractivity (Wildman–Crippen MR) is 93.1 cm³/mol. The Balaban J connectivity index is 1.33. The molecule has 7 heteroatoms. The number of nitrogens with zero attached hydrogens (tertiary/aromatic N) is 2. The summed E-state index contributed by atoms with van der Waals surface area (Å²) in [6.45, 7) is 2.52. The molecule has 0 N–H and O–H groups in total. The molecule has 0 saturated carbocycles. The predicted octanol–water partition coefficient (Wildman–Crippen LogP) is 2.00. The number of carbonyl (C=O) groups excluding carboxylic acids is 2. The summed E-state index contributed by atoms with van der Waals surface area (Å²) in [5, 5.41) is 1.90. The molecule has 2 aromatic rings. The van der Waals surface area contributed by atoms with Gasteiger partial charge in [0.15, 0.2) is 11.5 Å². The normalized spacial score (nSPS) is 16.2. The van der Waals surface area contributed by atoms with E-state index in [-0.39, 0.29) is 18.6 Å². The van der Waals surface area contributed by atoms with Crippen molar-refractivity contribution in [2.75, 3.05) is 33.0 Å². The molecule has 1 fully saturated rings. The van der Waals surface area contributed by atoms with E-state index < -0.39 is 0 Å². The van der Waals surface area contributed by atoms with Crippen LogP contribution < -0.4 is 9.47 Å². The van der Waals surface area contributed by atoms with Crippen molar-refractivity contribution in [1.82, 2.24) is 9.80 Å². The van der Waals surface area contributed by atoms with Gasteiger partial charge in [-0.3, -0.25) is 9.59 Å². The topological polar surface area (TPSA) is 59.1 Å². The van der Waals surface area contributed by atoms with Crippen LogP contribution in [0, 0.1) is 0 Å². The number of benzene rings is 1. The van der Waals surface area contributed by atoms with Crippen LogP contribution in [-0.4, -0.2) is 54.6 Å². The van der Waals surface area contributed by atoms with E-state index in [0.29, 0.717) is 38.3 Å². The van der Waals surface area contributed by atoms with Gasteiger partial charge in [0.25, 0.3) is 5.91 Å². The van der Waals surface area contributed by atoms with Crippen molar-refractivity contribution in [3.05, 3.63) is 46.2 Å². The Bertz CT molecular complexity index is 782. The highest BCUT2D eigenvalue weighted by Crippen LogP contribution is 2.32. The second-order valence-electron chi connectivity index (χ2n) is 6.01. The second-order valence-corrected chi connectivity index (χ2v) is 6.96. The molecule has 0 spiro atoms. The zero-order chi connectivity index (χ0) is 17.2. The molecular formula is C18H18N2O4S. The fraction of sp³-hybridized carbons (Fsp3) is 0.333. The number of rotatable bonds is 3. The molecule has 0 aliphatic carbocycles. The number of hydrogen-bond donors (Lipinski definition) is 0. The smallest absolute Gasteiger partial charge is 0.264 e. The molecule has 130 valence electrons. The first kappa shape index (κ1) is 16.0. The standard InChI is InChI=1S/C18H18N2O4S/c21-17(11-13-3-4-14-15(10-13)24-12-23-14)19-5-7-20(8-6-19)18(22)16-2-1-9-25-16/h1-4,9-10H,5-8,11-12H2. The first-order chi connectivity index (χ1) is 12.2. The molecule has 1 saturated heterocycles. The van der Waals surface area contributed by atoms with Crippen LogP contribution in [0.3, 0.4) is 0 Å². The van der Waals surface area contributed by atoms with E-state index in [1.54, 1.807) is 0 Å². The number of carbonyl (C=O) groups is 2. The van der Waals surface area contributed by atoms with Gasteiger partial charge in [0.2, 0.25) is 12.7 Å². The summed E-state index contributed by atoms with van der Waals surface area (Å²) >= 11 is 1.45. The van der Waals surface area contributed by atoms with E-state index in [9.17, 15) is 9.59 Å². The Hall–Kier alpha value is -2.54. The Kier molecular flexibility index (Phi) is 4.31. The fourth-order valence-corrected chi connectivity index (χ4v) is 3.74. The van der Waals surface area contributed by atoms with Crippen LogP contribution in [0.5, 0.6) is 11.5 Å². The van der Waals surface area contributed by atoms with E-state index in [1.807, 2.05) is 45.5 Å². The monoisotopic (exact) mass is 358 g/mol. The van der Waals surface area contributed by atoms with Crippen molar-refractivity contribution in [2.24, 2.45) is 0 Å². The van der Waals surface area contributed by atoms with Crippen LogP contribution in [0.25, 0.3) is 0 Å². The molecule has 1 aromatic carbocycles. The Morgan fingerprint density at radius 3 is 2.52 bits per heavy atom. The second kappa shape index (κ2) is 6.76. The van der Waals surface area contributed by atoms with Gasteiger partial charge >= 0.3 is 0 Å². The molecule has 6 nitrogen and oxygen atoms in total. The van der Waals surface area contributed by atoms with Crippen molar-refractivity contribution in [3.63, 3.8) is 0 Å². The average molecular weight is 358 g/mol. The van der Waals surface area contributed by atoms with Gasteiger partial charge in [-0.2, -0.15) is 0 Å². The van der Waals surface area contributed by atoms with Gasteiger partial charge in [0.1, 0.15) is 0 Å². The van der Waals surface area contributed by atoms with E-state index in [4.69, 9.17) is 9.47 Å². The third-order valence-electron chi connectivity index (χ3n) is 4.44. The van der Waals surface area contributed by atoms with Crippen molar-refractivity contribution in [3.8, 4) is 11.5 Å². The quantitative estimate of drug-likeness (QED) is 0.842. The van der Waals surface area contributed by atoms with E-state index in [1.165, 1.54) is 11.3 Å². The number of piperazine rings is 1. The van der Waals surface area contributed by atoms with Crippen molar-refractivity contribution < 1.29 is 19.1 Å². The third kappa shape index (κ3) is 3.32. The van der Waals surface area contributed by atoms with Gasteiger partial charge < -0.3 is 19.3 Å². The molecule has 0 radical (unpaired) electrons. The van der Waals surface area contributed by atoms with Gasteiger partial charge in [0.05, 0.1) is 11.3 Å². The third-order valence-corrected chi connectivity index (χ3v) is 5.30. The van der Waals surface area contributed by atoms with Gasteiger partial charge in [0, 0.05) is 26.2 Å². The highest BCUT2D eigenvalue weighted by Gasteiger charge is 2.25. The average Bonchev–Trinajstić information content (AvgIpc) is 3.32. The maximum Gasteiger partial charge on any atom is 0.264 e. The zero-order valence-corrected chi connectivity index (χ0v) is 14.5. The molecule has 4 rings (SSSR count). The highest BCUT2D eigenvalue weighted by molar-refractivity contribution is 7.12. The van der Waals surface area contributed by atoms with E-state index in [2.05, 4.69) is 0 Å². The molecule has 2 aliphatic rings. The molecule has 0 bridgehead atoms. The van der Waals surface area contributed by atoms with Crippen LogP contribution in [0.4, 0.5) is 0 Å². The number of fused-ring (bicyclic) bond motifs is 1. The Morgan fingerprint density at radius 2 is 1.76 bits per heavy atom. The van der Waals surface area contributed by atoms with Crippen LogP contribution in [0.1, 0.15) is 15.2 Å². The summed E-state index contributed by atoms with van der Waals surface area (Å²) in [4.78, 5) is 29.3. The zero-order valence-electron chi connectivity index (χ0n) is 13.6. The SMILES string of the molecule is O=C(Cc1ccc2c(c1)OCO2)N1CCN(C(=O)c2cccs2)CC1. The van der Waals surface area contributed by atoms with Crippen molar-refractivity contribution in [1.29, 1.82) is 0 Å². The largest absolute Gasteiger partial charge is 0.454 e. The first-order valence-electron chi connectivity index (χ1n) is 8.20. The maximum atomic E-state index is 12.5. The highest BCUT2D eigenvalue weighted by atomic mass is 32.1. The molecular weight excluding hydrogens is 340 g/mol. The molecule has 2 amide bonds. The minimum atomic E-state index is 0.0536. The molecule has 0 atom stereocenters. The van der Waals surface area contributed by atoms with Crippen LogP contribution in [0.15, 0.2) is 35.7 Å². The minimum absolute atomic E-state index is 0.0536. The molecule has 1 aromatic heterocycles. The summed E-state index contributed by atoms with van der Waals surface area (Å²) in [5.74, 6) is 1.54. The summed E-state index contributed by atoms with van der Waals surface area (Å²) in [6.07, 6.45) is 0.329. The van der Waals surface area contributed by atoms with Crippen LogP contribution in [0.2, 0.25) is 0 Å². The molecule has 2 aliphatic heterocycles. The van der Waals surface area contributed by atoms with E-state index >= 15 is 0 Å². The lowest BCUT2D eigenvalue weighted by Gasteiger charge is -2.34. The lowest BCUT2D eigenvalue weighted by atomic mass is 10.1. The maximum absolute atomic E-state index is 12.5. The van der Waals surface area contributed by atoms with Crippen molar-refractivity contribution in [2.45, 2.75) is 6.42 Å². The van der Waals surface area contributed by atoms with Crippen LogP contribution in [-0.2, 0) is 11.2 Å². The summed E-state index contributed by atoms with van der Waals surface area (Å²) in [5.41, 5.74) is 0.909. The lowest BCUT2D eigenvalue weighted by molar-refractivity contribution is -0.131. The minimum Gasteiger partial charge on any atom is -0.454 e. The molecule has 25 heavy (non-hydrogen) atoms. The number of thiophene rings is 1. The number of hydrogen-bond acceptors (Lipinski definition) is 5. The fourth-order valence-electron chi connectivity index (χ4n) is 3.05. The lowest BCUT2D eigenvalue weighted by Crippen LogP contribution is -2.50. The van der Waals surface area contributed by atoms with E-state index in [0.717, 1.165) is 16.2 Å². The van der Waals surface area contributed by atoms with Crippen LogP contribution >= 0.6 is 11.3 Å².